The molecule has 0 spiro atoms. The van der Waals surface area contributed by atoms with Crippen molar-refractivity contribution in [2.75, 3.05) is 0 Å². The Bertz CT molecular complexity index is 573. The second-order valence-corrected chi connectivity index (χ2v) is 3.47. The fraction of sp³-hybridized carbons (Fsp3) is 0.0909. The lowest BCUT2D eigenvalue weighted by Gasteiger charge is -2.08. The molecule has 0 aromatic carbocycles. The van der Waals surface area contributed by atoms with Crippen LogP contribution in [0.25, 0.3) is 5.69 Å². The van der Waals surface area contributed by atoms with Crippen molar-refractivity contribution in [1.29, 1.82) is 0 Å². The van der Waals surface area contributed by atoms with Crippen LogP contribution >= 0.6 is 0 Å². The van der Waals surface area contributed by atoms with Crippen LogP contribution in [0, 0.1) is 0 Å². The Hall–Kier alpha value is -2.31. The van der Waals surface area contributed by atoms with Crippen LogP contribution in [0.4, 0.5) is 13.2 Å². The molecule has 2 rings (SSSR count). The number of carboxylic acid groups (broad SMARTS) is 1. The highest BCUT2D eigenvalue weighted by molar-refractivity contribution is 5.86. The van der Waals surface area contributed by atoms with E-state index in [1.54, 1.807) is 0 Å². The third-order valence-electron chi connectivity index (χ3n) is 2.28. The van der Waals surface area contributed by atoms with Gasteiger partial charge in [-0.05, 0) is 24.3 Å². The number of alkyl halides is 3. The fourth-order valence-corrected chi connectivity index (χ4v) is 1.48. The smallest absolute Gasteiger partial charge is 0.433 e. The highest BCUT2D eigenvalue weighted by Crippen LogP contribution is 2.27. The van der Waals surface area contributed by atoms with Crippen molar-refractivity contribution in [3.8, 4) is 5.69 Å². The molecule has 4 nitrogen and oxygen atoms in total. The molecule has 0 radical (unpaired) electrons. The van der Waals surface area contributed by atoms with Gasteiger partial charge in [0.15, 0.2) is 0 Å². The average molecular weight is 256 g/mol. The van der Waals surface area contributed by atoms with E-state index in [9.17, 15) is 18.0 Å². The highest BCUT2D eigenvalue weighted by atomic mass is 19.4. The van der Waals surface area contributed by atoms with E-state index in [-0.39, 0.29) is 11.4 Å². The van der Waals surface area contributed by atoms with Gasteiger partial charge in [0.05, 0.1) is 11.9 Å². The van der Waals surface area contributed by atoms with Gasteiger partial charge in [-0.3, -0.25) is 0 Å². The zero-order valence-electron chi connectivity index (χ0n) is 8.85. The standard InChI is InChI=1S/C11H7F3N2O2/c12-11(13,14)9-4-3-7(6-15-9)16-5-1-2-8(16)10(17)18/h1-6H,(H,17,18). The number of aromatic carboxylic acids is 1. The van der Waals surface area contributed by atoms with E-state index in [0.29, 0.717) is 0 Å². The summed E-state index contributed by atoms with van der Waals surface area (Å²) in [5.74, 6) is -1.17. The first kappa shape index (κ1) is 12.2. The predicted octanol–water partition coefficient (Wildman–Crippen LogP) is 2.59. The number of nitrogens with zero attached hydrogens (tertiary/aromatic N) is 2. The minimum absolute atomic E-state index is 0.0449. The van der Waals surface area contributed by atoms with Crippen LogP contribution in [0.15, 0.2) is 36.7 Å². The van der Waals surface area contributed by atoms with Crippen molar-refractivity contribution in [1.82, 2.24) is 9.55 Å². The first-order chi connectivity index (χ1) is 8.39. The largest absolute Gasteiger partial charge is 0.477 e. The van der Waals surface area contributed by atoms with Crippen LogP contribution in [0.2, 0.25) is 0 Å². The summed E-state index contributed by atoms with van der Waals surface area (Å²) in [4.78, 5) is 14.1. The molecular formula is C11H7F3N2O2. The fourth-order valence-electron chi connectivity index (χ4n) is 1.48. The van der Waals surface area contributed by atoms with E-state index in [2.05, 4.69) is 4.98 Å². The molecule has 0 amide bonds. The number of pyridine rings is 1. The molecule has 7 heteroatoms. The molecule has 0 aliphatic rings. The summed E-state index contributed by atoms with van der Waals surface area (Å²) in [5, 5.41) is 8.88. The van der Waals surface area contributed by atoms with Gasteiger partial charge in [0, 0.05) is 6.20 Å². The Labute approximate surface area is 99.3 Å². The summed E-state index contributed by atoms with van der Waals surface area (Å²) in [6.07, 6.45) is -2.09. The second kappa shape index (κ2) is 4.17. The molecule has 2 heterocycles. The third-order valence-corrected chi connectivity index (χ3v) is 2.28. The number of rotatable bonds is 2. The van der Waals surface area contributed by atoms with Crippen LogP contribution in [-0.4, -0.2) is 20.6 Å². The molecule has 0 atom stereocenters. The zero-order valence-corrected chi connectivity index (χ0v) is 8.85. The molecule has 94 valence electrons. The van der Waals surface area contributed by atoms with Crippen molar-refractivity contribution in [2.45, 2.75) is 6.18 Å². The van der Waals surface area contributed by atoms with E-state index in [1.165, 1.54) is 29.0 Å². The van der Waals surface area contributed by atoms with Gasteiger partial charge < -0.3 is 9.67 Å². The van der Waals surface area contributed by atoms with Crippen LogP contribution in [0.3, 0.4) is 0 Å². The van der Waals surface area contributed by atoms with Crippen LogP contribution < -0.4 is 0 Å². The topological polar surface area (TPSA) is 55.1 Å². The predicted molar refractivity (Wildman–Crippen MR) is 55.5 cm³/mol. The van der Waals surface area contributed by atoms with Crippen LogP contribution in [0.5, 0.6) is 0 Å². The Morgan fingerprint density at radius 1 is 1.28 bits per heavy atom. The minimum atomic E-state index is -4.51. The molecule has 2 aromatic rings. The number of hydrogen-bond acceptors (Lipinski definition) is 2. The summed E-state index contributed by atoms with van der Waals surface area (Å²) < 4.78 is 38.2. The molecule has 0 saturated heterocycles. The molecule has 1 N–H and O–H groups in total. The number of hydrogen-bond donors (Lipinski definition) is 1. The van der Waals surface area contributed by atoms with Gasteiger partial charge in [-0.15, -0.1) is 0 Å². The monoisotopic (exact) mass is 256 g/mol. The maximum Gasteiger partial charge on any atom is 0.433 e. The molecule has 18 heavy (non-hydrogen) atoms. The summed E-state index contributed by atoms with van der Waals surface area (Å²) in [6, 6.07) is 4.81. The summed E-state index contributed by atoms with van der Waals surface area (Å²) in [7, 11) is 0. The molecule has 0 unspecified atom stereocenters. The summed E-state index contributed by atoms with van der Waals surface area (Å²) in [5.41, 5.74) is -0.808. The Morgan fingerprint density at radius 2 is 2.00 bits per heavy atom. The zero-order chi connectivity index (χ0) is 13.3. The van der Waals surface area contributed by atoms with Gasteiger partial charge in [-0.1, -0.05) is 0 Å². The van der Waals surface area contributed by atoms with E-state index >= 15 is 0 Å². The van der Waals surface area contributed by atoms with E-state index in [1.807, 2.05) is 0 Å². The number of carbonyl (C=O) groups is 1. The second-order valence-electron chi connectivity index (χ2n) is 3.47. The van der Waals surface area contributed by atoms with Crippen molar-refractivity contribution in [3.63, 3.8) is 0 Å². The van der Waals surface area contributed by atoms with Gasteiger partial charge in [0.25, 0.3) is 0 Å². The minimum Gasteiger partial charge on any atom is -0.477 e. The van der Waals surface area contributed by atoms with Crippen molar-refractivity contribution in [2.24, 2.45) is 0 Å². The molecule has 2 aromatic heterocycles. The lowest BCUT2D eigenvalue weighted by atomic mass is 10.3. The van der Waals surface area contributed by atoms with Crippen molar-refractivity contribution >= 4 is 5.97 Å². The highest BCUT2D eigenvalue weighted by Gasteiger charge is 2.32. The van der Waals surface area contributed by atoms with Gasteiger partial charge in [-0.25, -0.2) is 9.78 Å². The number of halogens is 3. The lowest BCUT2D eigenvalue weighted by Crippen LogP contribution is -2.09. The molecule has 0 fully saturated rings. The number of carboxylic acids is 1. The van der Waals surface area contributed by atoms with Crippen LogP contribution in [-0.2, 0) is 6.18 Å². The van der Waals surface area contributed by atoms with Crippen LogP contribution in [0.1, 0.15) is 16.2 Å². The first-order valence-corrected chi connectivity index (χ1v) is 4.84. The van der Waals surface area contributed by atoms with E-state index in [4.69, 9.17) is 5.11 Å². The molecule has 0 saturated carbocycles. The third kappa shape index (κ3) is 2.20. The summed E-state index contributed by atoms with van der Waals surface area (Å²) >= 11 is 0. The van der Waals surface area contributed by atoms with E-state index in [0.717, 1.165) is 12.3 Å². The number of aromatic nitrogens is 2. The Morgan fingerprint density at radius 3 is 2.50 bits per heavy atom. The Balaban J connectivity index is 2.41. The maximum absolute atomic E-state index is 12.3. The summed E-state index contributed by atoms with van der Waals surface area (Å²) in [6.45, 7) is 0. The van der Waals surface area contributed by atoms with Gasteiger partial charge in [0.2, 0.25) is 0 Å². The van der Waals surface area contributed by atoms with Crippen molar-refractivity contribution in [3.05, 3.63) is 48.0 Å². The SMILES string of the molecule is O=C(O)c1cccn1-c1ccc(C(F)(F)F)nc1. The van der Waals surface area contributed by atoms with Gasteiger partial charge in [-0.2, -0.15) is 13.2 Å². The maximum atomic E-state index is 12.3. The molecular weight excluding hydrogens is 249 g/mol. The average Bonchev–Trinajstić information content (AvgIpc) is 2.77. The first-order valence-electron chi connectivity index (χ1n) is 4.84. The molecule has 0 bridgehead atoms. The molecule has 0 aliphatic carbocycles. The van der Waals surface area contributed by atoms with Gasteiger partial charge >= 0.3 is 12.1 Å². The molecule has 0 aliphatic heterocycles. The van der Waals surface area contributed by atoms with Crippen molar-refractivity contribution < 1.29 is 23.1 Å². The normalized spacial score (nSPS) is 11.5. The van der Waals surface area contributed by atoms with E-state index < -0.39 is 17.8 Å². The van der Waals surface area contributed by atoms with Gasteiger partial charge in [0.1, 0.15) is 11.4 Å². The Kier molecular flexibility index (Phi) is 2.82. The lowest BCUT2D eigenvalue weighted by molar-refractivity contribution is -0.141. The quantitative estimate of drug-likeness (QED) is 0.898.